The van der Waals surface area contributed by atoms with Gasteiger partial charge in [-0.2, -0.15) is 0 Å². The minimum absolute atomic E-state index is 0.0818. The first-order chi connectivity index (χ1) is 8.63. The lowest BCUT2D eigenvalue weighted by Crippen LogP contribution is -2.05. The number of nitrogens with zero attached hydrogens (tertiary/aromatic N) is 1. The summed E-state index contributed by atoms with van der Waals surface area (Å²) in [5, 5.41) is 5.73. The molecule has 0 aliphatic rings. The fourth-order valence-corrected chi connectivity index (χ4v) is 2.07. The quantitative estimate of drug-likeness (QED) is 0.921. The molecule has 0 aliphatic heterocycles. The van der Waals surface area contributed by atoms with Gasteiger partial charge in [-0.05, 0) is 31.2 Å². The summed E-state index contributed by atoms with van der Waals surface area (Å²) in [6.07, 6.45) is 0. The molecule has 4 nitrogen and oxygen atoms in total. The fourth-order valence-electron chi connectivity index (χ4n) is 1.47. The van der Waals surface area contributed by atoms with Crippen LogP contribution in [-0.2, 0) is 11.4 Å². The largest absolute Gasteiger partial charge is 0.487 e. The summed E-state index contributed by atoms with van der Waals surface area (Å²) in [5.74, 6) is 0.677. The van der Waals surface area contributed by atoms with Crippen molar-refractivity contribution in [2.45, 2.75) is 20.5 Å². The van der Waals surface area contributed by atoms with Gasteiger partial charge in [0.1, 0.15) is 12.4 Å². The van der Waals surface area contributed by atoms with Gasteiger partial charge in [0.2, 0.25) is 5.91 Å². The number of aromatic nitrogens is 1. The van der Waals surface area contributed by atoms with Crippen molar-refractivity contribution in [1.29, 1.82) is 0 Å². The Morgan fingerprint density at radius 1 is 1.39 bits per heavy atom. The van der Waals surface area contributed by atoms with E-state index in [9.17, 15) is 4.79 Å². The minimum atomic E-state index is -0.0818. The number of amides is 1. The Bertz CT molecular complexity index is 534. The third kappa shape index (κ3) is 3.56. The minimum Gasteiger partial charge on any atom is -0.487 e. The van der Waals surface area contributed by atoms with Gasteiger partial charge in [0, 0.05) is 18.0 Å². The predicted octanol–water partition coefficient (Wildman–Crippen LogP) is 2.99. The molecule has 0 aliphatic carbocycles. The summed E-state index contributed by atoms with van der Waals surface area (Å²) in [6, 6.07) is 7.26. The summed E-state index contributed by atoms with van der Waals surface area (Å²) in [5.41, 5.74) is 1.70. The van der Waals surface area contributed by atoms with Gasteiger partial charge in [-0.3, -0.25) is 4.79 Å². The zero-order chi connectivity index (χ0) is 13.0. The molecule has 1 aromatic carbocycles. The predicted molar refractivity (Wildman–Crippen MR) is 71.9 cm³/mol. The zero-order valence-electron chi connectivity index (χ0n) is 10.3. The first-order valence-electron chi connectivity index (χ1n) is 5.55. The first kappa shape index (κ1) is 12.6. The smallest absolute Gasteiger partial charge is 0.221 e. The molecule has 1 aromatic heterocycles. The van der Waals surface area contributed by atoms with Gasteiger partial charge in [0.05, 0.1) is 10.7 Å². The lowest BCUT2D eigenvalue weighted by atomic mass is 10.3. The van der Waals surface area contributed by atoms with Gasteiger partial charge in [-0.1, -0.05) is 0 Å². The Hall–Kier alpha value is -1.88. The third-order valence-corrected chi connectivity index (χ3v) is 3.05. The van der Waals surface area contributed by atoms with Crippen molar-refractivity contribution in [2.75, 3.05) is 5.32 Å². The number of benzene rings is 1. The molecule has 1 heterocycles. The summed E-state index contributed by atoms with van der Waals surface area (Å²) < 4.78 is 5.60. The highest BCUT2D eigenvalue weighted by Crippen LogP contribution is 2.17. The molecule has 0 bridgehead atoms. The maximum absolute atomic E-state index is 10.9. The molecular weight excluding hydrogens is 248 g/mol. The van der Waals surface area contributed by atoms with E-state index in [1.807, 2.05) is 36.6 Å². The number of hydrogen-bond donors (Lipinski definition) is 1. The molecule has 0 saturated carbocycles. The number of aryl methyl sites for hydroxylation is 1. The number of thiazole rings is 1. The van der Waals surface area contributed by atoms with Crippen molar-refractivity contribution in [3.8, 4) is 5.75 Å². The van der Waals surface area contributed by atoms with Crippen LogP contribution < -0.4 is 10.1 Å². The Balaban J connectivity index is 1.92. The van der Waals surface area contributed by atoms with Crippen molar-refractivity contribution >= 4 is 22.9 Å². The van der Waals surface area contributed by atoms with Crippen molar-refractivity contribution in [3.05, 3.63) is 40.3 Å². The standard InChI is InChI=1S/C13H14N2O2S/c1-9(16)14-11-3-5-13(6-4-11)17-7-12-8-18-10(2)15-12/h3-6,8H,7H2,1-2H3,(H,14,16). The lowest BCUT2D eigenvalue weighted by molar-refractivity contribution is -0.114. The average Bonchev–Trinajstić information content (AvgIpc) is 2.74. The van der Waals surface area contributed by atoms with Crippen LogP contribution in [0.4, 0.5) is 5.69 Å². The van der Waals surface area contributed by atoms with Crippen molar-refractivity contribution in [1.82, 2.24) is 4.98 Å². The maximum atomic E-state index is 10.9. The summed E-state index contributed by atoms with van der Waals surface area (Å²) >= 11 is 1.61. The Labute approximate surface area is 110 Å². The lowest BCUT2D eigenvalue weighted by Gasteiger charge is -2.06. The van der Waals surface area contributed by atoms with Crippen molar-refractivity contribution in [3.63, 3.8) is 0 Å². The molecule has 0 unspecified atom stereocenters. The van der Waals surface area contributed by atoms with E-state index in [4.69, 9.17) is 4.74 Å². The van der Waals surface area contributed by atoms with Crippen LogP contribution in [0.5, 0.6) is 5.75 Å². The normalized spacial score (nSPS) is 10.1. The second kappa shape index (κ2) is 5.64. The van der Waals surface area contributed by atoms with E-state index in [1.54, 1.807) is 11.3 Å². The summed E-state index contributed by atoms with van der Waals surface area (Å²) in [4.78, 5) is 15.2. The summed E-state index contributed by atoms with van der Waals surface area (Å²) in [6.45, 7) is 3.91. The molecular formula is C13H14N2O2S. The van der Waals surface area contributed by atoms with Crippen LogP contribution in [0.3, 0.4) is 0 Å². The van der Waals surface area contributed by atoms with Crippen molar-refractivity contribution in [2.24, 2.45) is 0 Å². The van der Waals surface area contributed by atoms with Crippen LogP contribution in [0.25, 0.3) is 0 Å². The van der Waals surface area contributed by atoms with Crippen LogP contribution in [0, 0.1) is 6.92 Å². The number of nitrogens with one attached hydrogen (secondary N) is 1. The van der Waals surface area contributed by atoms with Crippen LogP contribution in [0.2, 0.25) is 0 Å². The third-order valence-electron chi connectivity index (χ3n) is 2.23. The van der Waals surface area contributed by atoms with Crippen LogP contribution >= 0.6 is 11.3 Å². The van der Waals surface area contributed by atoms with Crippen LogP contribution in [0.15, 0.2) is 29.6 Å². The van der Waals surface area contributed by atoms with Gasteiger partial charge in [0.15, 0.2) is 0 Å². The second-order valence-corrected chi connectivity index (χ2v) is 4.91. The number of anilines is 1. The van der Waals surface area contributed by atoms with E-state index >= 15 is 0 Å². The van der Waals surface area contributed by atoms with Crippen LogP contribution in [0.1, 0.15) is 17.6 Å². The van der Waals surface area contributed by atoms with Gasteiger partial charge in [0.25, 0.3) is 0 Å². The fraction of sp³-hybridized carbons (Fsp3) is 0.231. The topological polar surface area (TPSA) is 51.2 Å². The number of hydrogen-bond acceptors (Lipinski definition) is 4. The number of carbonyl (C=O) groups is 1. The molecule has 0 fully saturated rings. The van der Waals surface area contributed by atoms with Crippen molar-refractivity contribution < 1.29 is 9.53 Å². The van der Waals surface area contributed by atoms with E-state index in [1.165, 1.54) is 6.92 Å². The van der Waals surface area contributed by atoms with E-state index in [-0.39, 0.29) is 5.91 Å². The Morgan fingerprint density at radius 3 is 2.67 bits per heavy atom. The van der Waals surface area contributed by atoms with Gasteiger partial charge in [-0.25, -0.2) is 4.98 Å². The summed E-state index contributed by atoms with van der Waals surface area (Å²) in [7, 11) is 0. The zero-order valence-corrected chi connectivity index (χ0v) is 11.1. The molecule has 5 heteroatoms. The molecule has 1 N–H and O–H groups in total. The number of ether oxygens (including phenoxy) is 1. The highest BCUT2D eigenvalue weighted by Gasteiger charge is 2.00. The molecule has 0 radical (unpaired) electrons. The number of carbonyl (C=O) groups excluding carboxylic acids is 1. The van der Waals surface area contributed by atoms with Crippen LogP contribution in [-0.4, -0.2) is 10.9 Å². The molecule has 2 rings (SSSR count). The monoisotopic (exact) mass is 262 g/mol. The van der Waals surface area contributed by atoms with Gasteiger partial charge in [-0.15, -0.1) is 11.3 Å². The molecule has 2 aromatic rings. The van der Waals surface area contributed by atoms with E-state index < -0.39 is 0 Å². The Kier molecular flexibility index (Phi) is 3.94. The Morgan fingerprint density at radius 2 is 2.11 bits per heavy atom. The van der Waals surface area contributed by atoms with E-state index in [0.717, 1.165) is 22.1 Å². The molecule has 0 spiro atoms. The number of rotatable bonds is 4. The average molecular weight is 262 g/mol. The second-order valence-electron chi connectivity index (χ2n) is 3.85. The van der Waals surface area contributed by atoms with E-state index in [0.29, 0.717) is 6.61 Å². The molecule has 18 heavy (non-hydrogen) atoms. The highest BCUT2D eigenvalue weighted by molar-refractivity contribution is 7.09. The van der Waals surface area contributed by atoms with Gasteiger partial charge < -0.3 is 10.1 Å². The SMILES string of the molecule is CC(=O)Nc1ccc(OCc2csc(C)n2)cc1. The molecule has 0 saturated heterocycles. The van der Waals surface area contributed by atoms with Gasteiger partial charge >= 0.3 is 0 Å². The first-order valence-corrected chi connectivity index (χ1v) is 6.43. The maximum Gasteiger partial charge on any atom is 0.221 e. The highest BCUT2D eigenvalue weighted by atomic mass is 32.1. The molecule has 1 amide bonds. The molecule has 0 atom stereocenters. The molecule has 94 valence electrons. The van der Waals surface area contributed by atoms with E-state index in [2.05, 4.69) is 10.3 Å².